The third kappa shape index (κ3) is 6.75. The highest BCUT2D eigenvalue weighted by Gasteiger charge is 2.42. The zero-order valence-electron chi connectivity index (χ0n) is 29.5. The van der Waals surface area contributed by atoms with E-state index < -0.39 is 5.60 Å². The molecule has 2 aliphatic rings. The Labute approximate surface area is 309 Å². The molecule has 2 atom stereocenters. The number of piperidine rings is 2. The molecule has 0 unspecified atom stereocenters. The highest BCUT2D eigenvalue weighted by Crippen LogP contribution is 2.37. The molecule has 7 heterocycles. The van der Waals surface area contributed by atoms with Gasteiger partial charge in [0.05, 0.1) is 23.2 Å². The number of aromatic nitrogens is 7. The SMILES string of the molecule is Cc1ccc(-c2nc(C)c(C(=O)N3CC[C@@H](C(=O)N4CCC(O)(Cn5cnc6c(ccn6-c6ncccn6)c5=O)CC4)[C@H](c4ccccc4)C3)s2)cn1. The summed E-state index contributed by atoms with van der Waals surface area (Å²) in [6, 6.07) is 17.2. The number of hydrogen-bond donors (Lipinski definition) is 1. The Kier molecular flexibility index (Phi) is 9.16. The lowest BCUT2D eigenvalue weighted by molar-refractivity contribution is -0.142. The molecule has 270 valence electrons. The van der Waals surface area contributed by atoms with Crippen molar-refractivity contribution in [3.05, 3.63) is 118 Å². The number of nitrogens with zero attached hydrogens (tertiary/aromatic N) is 9. The van der Waals surface area contributed by atoms with Crippen molar-refractivity contribution < 1.29 is 14.7 Å². The molecule has 5 aromatic heterocycles. The van der Waals surface area contributed by atoms with E-state index in [0.717, 1.165) is 21.8 Å². The van der Waals surface area contributed by atoms with Crippen LogP contribution in [0, 0.1) is 19.8 Å². The third-order valence-electron chi connectivity index (χ3n) is 10.5. The summed E-state index contributed by atoms with van der Waals surface area (Å²) < 4.78 is 3.10. The zero-order valence-corrected chi connectivity index (χ0v) is 30.3. The van der Waals surface area contributed by atoms with E-state index in [1.54, 1.807) is 41.5 Å². The van der Waals surface area contributed by atoms with Gasteiger partial charge in [0, 0.05) is 74.1 Å². The lowest BCUT2D eigenvalue weighted by atomic mass is 9.79. The molecule has 2 saturated heterocycles. The molecular weight excluding hydrogens is 691 g/mol. The van der Waals surface area contributed by atoms with E-state index in [1.165, 1.54) is 22.2 Å². The summed E-state index contributed by atoms with van der Waals surface area (Å²) in [5.41, 5.74) is 2.48. The molecule has 6 aromatic rings. The Balaban J connectivity index is 0.954. The quantitative estimate of drug-likeness (QED) is 0.252. The minimum atomic E-state index is -1.18. The van der Waals surface area contributed by atoms with Crippen LogP contribution in [0.15, 0.2) is 90.5 Å². The Morgan fingerprint density at radius 1 is 0.925 bits per heavy atom. The van der Waals surface area contributed by atoms with Gasteiger partial charge < -0.3 is 14.9 Å². The van der Waals surface area contributed by atoms with E-state index >= 15 is 0 Å². The number of pyridine rings is 1. The minimum Gasteiger partial charge on any atom is -0.388 e. The zero-order chi connectivity index (χ0) is 36.7. The van der Waals surface area contributed by atoms with Crippen LogP contribution >= 0.6 is 11.3 Å². The molecule has 2 amide bonds. The van der Waals surface area contributed by atoms with E-state index in [0.29, 0.717) is 73.0 Å². The van der Waals surface area contributed by atoms with E-state index in [1.807, 2.05) is 66.1 Å². The summed E-state index contributed by atoms with van der Waals surface area (Å²) in [4.78, 5) is 68.1. The lowest BCUT2D eigenvalue weighted by Gasteiger charge is -2.43. The molecule has 0 bridgehead atoms. The first-order valence-electron chi connectivity index (χ1n) is 17.8. The molecule has 13 nitrogen and oxygen atoms in total. The first-order chi connectivity index (χ1) is 25.7. The van der Waals surface area contributed by atoms with Gasteiger partial charge in [-0.3, -0.25) is 28.5 Å². The Bertz CT molecular complexity index is 2330. The molecule has 0 aliphatic carbocycles. The van der Waals surface area contributed by atoms with Crippen molar-refractivity contribution in [2.45, 2.75) is 51.2 Å². The molecule has 53 heavy (non-hydrogen) atoms. The third-order valence-corrected chi connectivity index (χ3v) is 11.7. The summed E-state index contributed by atoms with van der Waals surface area (Å²) in [7, 11) is 0. The van der Waals surface area contributed by atoms with Crippen LogP contribution in [-0.4, -0.2) is 92.6 Å². The topological polar surface area (TPSA) is 152 Å². The summed E-state index contributed by atoms with van der Waals surface area (Å²) in [6.45, 7) is 5.44. The highest BCUT2D eigenvalue weighted by molar-refractivity contribution is 7.17. The maximum absolute atomic E-state index is 14.3. The fourth-order valence-electron chi connectivity index (χ4n) is 7.52. The summed E-state index contributed by atoms with van der Waals surface area (Å²) in [5, 5.41) is 12.8. The van der Waals surface area contributed by atoms with Crippen molar-refractivity contribution in [2.75, 3.05) is 26.2 Å². The van der Waals surface area contributed by atoms with Crippen molar-refractivity contribution in [1.29, 1.82) is 0 Å². The number of carbonyl (C=O) groups excluding carboxylic acids is 2. The molecule has 0 saturated carbocycles. The second-order valence-corrected chi connectivity index (χ2v) is 15.0. The van der Waals surface area contributed by atoms with Crippen LogP contribution in [0.25, 0.3) is 27.6 Å². The lowest BCUT2D eigenvalue weighted by Crippen LogP contribution is -2.53. The van der Waals surface area contributed by atoms with E-state index in [-0.39, 0.29) is 35.8 Å². The number of benzene rings is 1. The molecular formula is C39H39N9O4S. The second-order valence-electron chi connectivity index (χ2n) is 14.0. The second kappa shape index (κ2) is 14.1. The normalized spacial score (nSPS) is 18.7. The van der Waals surface area contributed by atoms with Crippen LogP contribution in [0.5, 0.6) is 0 Å². The molecule has 1 N–H and O–H groups in total. The van der Waals surface area contributed by atoms with Crippen LogP contribution in [0.4, 0.5) is 0 Å². The van der Waals surface area contributed by atoms with Gasteiger partial charge in [0.2, 0.25) is 11.9 Å². The van der Waals surface area contributed by atoms with E-state index in [4.69, 9.17) is 4.98 Å². The van der Waals surface area contributed by atoms with Crippen molar-refractivity contribution in [3.63, 3.8) is 0 Å². The molecule has 8 rings (SSSR count). The largest absolute Gasteiger partial charge is 0.388 e. The molecule has 2 fully saturated rings. The van der Waals surface area contributed by atoms with Gasteiger partial charge in [-0.05, 0) is 62.9 Å². The number of aryl methyl sites for hydroxylation is 2. The van der Waals surface area contributed by atoms with Gasteiger partial charge in [0.1, 0.15) is 16.2 Å². The number of carbonyl (C=O) groups is 2. The number of rotatable bonds is 7. The van der Waals surface area contributed by atoms with Crippen LogP contribution in [0.2, 0.25) is 0 Å². The first kappa shape index (κ1) is 34.5. The van der Waals surface area contributed by atoms with Gasteiger partial charge in [0.25, 0.3) is 11.5 Å². The highest BCUT2D eigenvalue weighted by atomic mass is 32.1. The molecule has 0 spiro atoms. The number of amides is 2. The maximum Gasteiger partial charge on any atom is 0.265 e. The smallest absolute Gasteiger partial charge is 0.265 e. The van der Waals surface area contributed by atoms with E-state index in [2.05, 4.69) is 19.9 Å². The van der Waals surface area contributed by atoms with E-state index in [9.17, 15) is 19.5 Å². The Hall–Kier alpha value is -5.60. The first-order valence-corrected chi connectivity index (χ1v) is 18.6. The predicted octanol–water partition coefficient (Wildman–Crippen LogP) is 4.41. The van der Waals surface area contributed by atoms with Gasteiger partial charge in [-0.15, -0.1) is 11.3 Å². The fraction of sp³-hybridized carbons (Fsp3) is 0.333. The number of hydrogen-bond acceptors (Lipinski definition) is 10. The fourth-order valence-corrected chi connectivity index (χ4v) is 8.55. The number of thiazole rings is 1. The molecule has 2 aliphatic heterocycles. The minimum absolute atomic E-state index is 0.0286. The van der Waals surface area contributed by atoms with Gasteiger partial charge in [-0.1, -0.05) is 30.3 Å². The monoisotopic (exact) mass is 729 g/mol. The van der Waals surface area contributed by atoms with Crippen molar-refractivity contribution in [2.24, 2.45) is 5.92 Å². The summed E-state index contributed by atoms with van der Waals surface area (Å²) >= 11 is 1.38. The molecule has 14 heteroatoms. The van der Waals surface area contributed by atoms with Crippen molar-refractivity contribution >= 4 is 34.2 Å². The number of aliphatic hydroxyl groups is 1. The van der Waals surface area contributed by atoms with Crippen molar-refractivity contribution in [1.82, 2.24) is 43.9 Å². The standard InChI is InChI=1S/C39H39N9O4S/c1-25-9-10-28(21-42-25)34-44-26(2)32(53-34)37(51)46-17-11-29(31(22-46)27-7-4-3-5-8-27)35(49)45-19-13-39(52,14-20-45)23-47-24-43-33-30(36(47)50)12-18-48(33)38-40-15-6-16-41-38/h3-10,12,15-16,18,21,24,29,31,52H,11,13-14,17,19-20,22-23H2,1-2H3/t29-,31+/m1/s1. The van der Waals surface area contributed by atoms with Gasteiger partial charge in [-0.25, -0.2) is 19.9 Å². The number of likely N-dealkylation sites (tertiary alicyclic amines) is 2. The van der Waals surface area contributed by atoms with Crippen LogP contribution in [-0.2, 0) is 11.3 Å². The molecule has 1 aromatic carbocycles. The number of fused-ring (bicyclic) bond motifs is 1. The average Bonchev–Trinajstić information content (AvgIpc) is 3.80. The van der Waals surface area contributed by atoms with Gasteiger partial charge >= 0.3 is 0 Å². The summed E-state index contributed by atoms with van der Waals surface area (Å²) in [6.07, 6.45) is 9.35. The van der Waals surface area contributed by atoms with Crippen LogP contribution < -0.4 is 5.56 Å². The van der Waals surface area contributed by atoms with Gasteiger partial charge in [-0.2, -0.15) is 0 Å². The van der Waals surface area contributed by atoms with Gasteiger partial charge in [0.15, 0.2) is 5.65 Å². The van der Waals surface area contributed by atoms with Crippen LogP contribution in [0.3, 0.4) is 0 Å². The Morgan fingerprint density at radius 2 is 1.70 bits per heavy atom. The molecule has 0 radical (unpaired) electrons. The average molecular weight is 730 g/mol. The van der Waals surface area contributed by atoms with Crippen molar-refractivity contribution in [3.8, 4) is 16.5 Å². The summed E-state index contributed by atoms with van der Waals surface area (Å²) in [5.74, 6) is -0.151. The Morgan fingerprint density at radius 3 is 2.43 bits per heavy atom. The van der Waals surface area contributed by atoms with Crippen LogP contribution in [0.1, 0.15) is 51.8 Å². The maximum atomic E-state index is 14.3. The predicted molar refractivity (Wildman–Crippen MR) is 200 cm³/mol.